The summed E-state index contributed by atoms with van der Waals surface area (Å²) in [5.74, 6) is 2.78. The van der Waals surface area contributed by atoms with E-state index in [1.807, 2.05) is 91.9 Å². The molecular formula is C26H21N5O2. The van der Waals surface area contributed by atoms with Gasteiger partial charge in [-0.05, 0) is 55.5 Å². The van der Waals surface area contributed by atoms with Crippen LogP contribution in [-0.2, 0) is 0 Å². The van der Waals surface area contributed by atoms with Gasteiger partial charge in [-0.1, -0.05) is 36.4 Å². The molecule has 7 nitrogen and oxygen atoms in total. The van der Waals surface area contributed by atoms with Crippen molar-refractivity contribution in [3.63, 3.8) is 0 Å². The highest BCUT2D eigenvalue weighted by Crippen LogP contribution is 2.34. The molecule has 7 heteroatoms. The Hall–Kier alpha value is -4.65. The Balaban J connectivity index is 1.35. The van der Waals surface area contributed by atoms with Crippen LogP contribution in [0.15, 0.2) is 91.3 Å². The molecule has 0 spiro atoms. The number of nitrogens with zero attached hydrogens (tertiary/aromatic N) is 3. The summed E-state index contributed by atoms with van der Waals surface area (Å²) in [6.45, 7) is 1.94. The predicted octanol–water partition coefficient (Wildman–Crippen LogP) is 6.24. The number of nitrogen functional groups attached to an aromatic ring is 1. The van der Waals surface area contributed by atoms with Crippen LogP contribution in [-0.4, -0.2) is 15.0 Å². The standard InChI is InChI=1S/C26H21N5O2/c1-17-10-11-18-6-5-9-22(24(18)30-17)33-26-23(27)25(28-16-29-26)31-19-12-14-21(15-13-19)32-20-7-3-2-4-8-20/h2-16H,27H2,1H3,(H,28,29,31). The zero-order valence-electron chi connectivity index (χ0n) is 17.9. The van der Waals surface area contributed by atoms with Crippen molar-refractivity contribution in [1.82, 2.24) is 15.0 Å². The van der Waals surface area contributed by atoms with E-state index >= 15 is 0 Å². The van der Waals surface area contributed by atoms with Crippen LogP contribution >= 0.6 is 0 Å². The summed E-state index contributed by atoms with van der Waals surface area (Å²) in [6.07, 6.45) is 1.41. The van der Waals surface area contributed by atoms with Gasteiger partial charge in [0.05, 0.1) is 0 Å². The molecule has 0 aliphatic heterocycles. The first-order valence-electron chi connectivity index (χ1n) is 10.4. The Labute approximate surface area is 190 Å². The van der Waals surface area contributed by atoms with Gasteiger partial charge in [0.25, 0.3) is 0 Å². The van der Waals surface area contributed by atoms with Crippen LogP contribution in [0.4, 0.5) is 17.2 Å². The largest absolute Gasteiger partial charge is 0.457 e. The van der Waals surface area contributed by atoms with Crippen LogP contribution in [0, 0.1) is 6.92 Å². The van der Waals surface area contributed by atoms with Gasteiger partial charge in [0.15, 0.2) is 11.6 Å². The van der Waals surface area contributed by atoms with Crippen LogP contribution in [0.25, 0.3) is 10.9 Å². The molecule has 3 aromatic carbocycles. The molecule has 5 aromatic rings. The Bertz CT molecular complexity index is 1410. The van der Waals surface area contributed by atoms with Crippen LogP contribution in [0.2, 0.25) is 0 Å². The number of fused-ring (bicyclic) bond motifs is 1. The zero-order chi connectivity index (χ0) is 22.6. The number of nitrogens with one attached hydrogen (secondary N) is 1. The number of pyridine rings is 1. The number of para-hydroxylation sites is 2. The number of benzene rings is 3. The Morgan fingerprint density at radius 2 is 1.55 bits per heavy atom. The molecule has 2 heterocycles. The quantitative estimate of drug-likeness (QED) is 0.326. The number of rotatable bonds is 6. The molecule has 0 unspecified atom stereocenters. The van der Waals surface area contributed by atoms with E-state index in [0.717, 1.165) is 33.8 Å². The van der Waals surface area contributed by atoms with Gasteiger partial charge in [0, 0.05) is 16.8 Å². The SMILES string of the molecule is Cc1ccc2cccc(Oc3ncnc(Nc4ccc(Oc5ccccc5)cc4)c3N)c2n1. The Morgan fingerprint density at radius 1 is 0.758 bits per heavy atom. The lowest BCUT2D eigenvalue weighted by molar-refractivity contribution is 0.468. The highest BCUT2D eigenvalue weighted by Gasteiger charge is 2.13. The van der Waals surface area contributed by atoms with Crippen LogP contribution < -0.4 is 20.5 Å². The van der Waals surface area contributed by atoms with Crippen molar-refractivity contribution in [2.45, 2.75) is 6.92 Å². The summed E-state index contributed by atoms with van der Waals surface area (Å²) in [6, 6.07) is 26.8. The molecule has 0 aliphatic rings. The van der Waals surface area contributed by atoms with E-state index in [2.05, 4.69) is 20.3 Å². The van der Waals surface area contributed by atoms with Gasteiger partial charge < -0.3 is 20.5 Å². The van der Waals surface area contributed by atoms with E-state index in [1.165, 1.54) is 6.33 Å². The summed E-state index contributed by atoms with van der Waals surface area (Å²) in [5.41, 5.74) is 9.07. The number of aromatic nitrogens is 3. The minimum Gasteiger partial charge on any atom is -0.457 e. The van der Waals surface area contributed by atoms with E-state index in [-0.39, 0.29) is 5.88 Å². The molecule has 5 rings (SSSR count). The molecule has 3 N–H and O–H groups in total. The van der Waals surface area contributed by atoms with Gasteiger partial charge >= 0.3 is 0 Å². The van der Waals surface area contributed by atoms with Crippen molar-refractivity contribution < 1.29 is 9.47 Å². The van der Waals surface area contributed by atoms with Gasteiger partial charge in [-0.3, -0.25) is 0 Å². The van der Waals surface area contributed by atoms with Gasteiger partial charge in [0.1, 0.15) is 29.0 Å². The zero-order valence-corrected chi connectivity index (χ0v) is 17.9. The van der Waals surface area contributed by atoms with Crippen LogP contribution in [0.5, 0.6) is 23.1 Å². The predicted molar refractivity (Wildman–Crippen MR) is 129 cm³/mol. The van der Waals surface area contributed by atoms with Gasteiger partial charge in [-0.15, -0.1) is 0 Å². The maximum atomic E-state index is 6.33. The lowest BCUT2D eigenvalue weighted by Gasteiger charge is -2.13. The topological polar surface area (TPSA) is 95.2 Å². The fourth-order valence-electron chi connectivity index (χ4n) is 3.33. The van der Waals surface area contributed by atoms with Crippen molar-refractivity contribution in [3.05, 3.63) is 97.0 Å². The number of aryl methyl sites for hydroxylation is 1. The molecule has 0 amide bonds. The van der Waals surface area contributed by atoms with E-state index < -0.39 is 0 Å². The number of nitrogens with two attached hydrogens (primary N) is 1. The summed E-state index contributed by atoms with van der Waals surface area (Å²) < 4.78 is 11.9. The first-order valence-corrected chi connectivity index (χ1v) is 10.4. The van der Waals surface area contributed by atoms with Gasteiger partial charge in [0.2, 0.25) is 5.88 Å². The third-order valence-corrected chi connectivity index (χ3v) is 4.97. The number of hydrogen-bond donors (Lipinski definition) is 2. The highest BCUT2D eigenvalue weighted by molar-refractivity contribution is 5.85. The normalized spacial score (nSPS) is 10.7. The minimum atomic E-state index is 0.257. The molecule has 2 aromatic heterocycles. The average molecular weight is 435 g/mol. The lowest BCUT2D eigenvalue weighted by atomic mass is 10.2. The van der Waals surface area contributed by atoms with Crippen LogP contribution in [0.1, 0.15) is 5.69 Å². The van der Waals surface area contributed by atoms with Gasteiger partial charge in [-0.2, -0.15) is 4.98 Å². The molecule has 0 saturated carbocycles. The maximum absolute atomic E-state index is 6.33. The van der Waals surface area contributed by atoms with E-state index in [4.69, 9.17) is 15.2 Å². The second kappa shape index (κ2) is 8.84. The lowest BCUT2D eigenvalue weighted by Crippen LogP contribution is -2.03. The maximum Gasteiger partial charge on any atom is 0.248 e. The van der Waals surface area contributed by atoms with E-state index in [0.29, 0.717) is 17.3 Å². The summed E-state index contributed by atoms with van der Waals surface area (Å²) in [7, 11) is 0. The van der Waals surface area contributed by atoms with Crippen molar-refractivity contribution >= 4 is 28.1 Å². The van der Waals surface area contributed by atoms with Crippen LogP contribution in [0.3, 0.4) is 0 Å². The van der Waals surface area contributed by atoms with Crippen molar-refractivity contribution in [2.24, 2.45) is 0 Å². The second-order valence-electron chi connectivity index (χ2n) is 7.39. The van der Waals surface area contributed by atoms with E-state index in [1.54, 1.807) is 0 Å². The van der Waals surface area contributed by atoms with Crippen molar-refractivity contribution in [1.29, 1.82) is 0 Å². The third kappa shape index (κ3) is 4.52. The first-order chi connectivity index (χ1) is 16.2. The van der Waals surface area contributed by atoms with Crippen molar-refractivity contribution in [3.8, 4) is 23.1 Å². The second-order valence-corrected chi connectivity index (χ2v) is 7.39. The molecular weight excluding hydrogens is 414 g/mol. The molecule has 33 heavy (non-hydrogen) atoms. The molecule has 0 aliphatic carbocycles. The highest BCUT2D eigenvalue weighted by atomic mass is 16.5. The number of hydrogen-bond acceptors (Lipinski definition) is 7. The Morgan fingerprint density at radius 3 is 2.36 bits per heavy atom. The number of ether oxygens (including phenoxy) is 2. The fourth-order valence-corrected chi connectivity index (χ4v) is 3.33. The molecule has 0 saturated heterocycles. The summed E-state index contributed by atoms with van der Waals surface area (Å²) >= 11 is 0. The smallest absolute Gasteiger partial charge is 0.248 e. The van der Waals surface area contributed by atoms with Crippen molar-refractivity contribution in [2.75, 3.05) is 11.1 Å². The first kappa shape index (κ1) is 20.3. The summed E-state index contributed by atoms with van der Waals surface area (Å²) in [4.78, 5) is 13.1. The molecule has 162 valence electrons. The monoisotopic (exact) mass is 435 g/mol. The van der Waals surface area contributed by atoms with Gasteiger partial charge in [-0.25, -0.2) is 9.97 Å². The molecule has 0 radical (unpaired) electrons. The molecule has 0 bridgehead atoms. The Kier molecular flexibility index (Phi) is 5.43. The average Bonchev–Trinajstić information content (AvgIpc) is 2.84. The third-order valence-electron chi connectivity index (χ3n) is 4.97. The molecule has 0 fully saturated rings. The number of anilines is 3. The summed E-state index contributed by atoms with van der Waals surface area (Å²) in [5, 5.41) is 4.18. The van der Waals surface area contributed by atoms with E-state index in [9.17, 15) is 0 Å². The molecule has 0 atom stereocenters. The minimum absolute atomic E-state index is 0.257. The fraction of sp³-hybridized carbons (Fsp3) is 0.0385.